The first-order chi connectivity index (χ1) is 11.7. The van der Waals surface area contributed by atoms with Crippen molar-refractivity contribution in [2.24, 2.45) is 0 Å². The maximum Gasteiger partial charge on any atom is 0.255 e. The molecule has 0 aliphatic heterocycles. The van der Waals surface area contributed by atoms with Crippen molar-refractivity contribution in [2.45, 2.75) is 44.4 Å². The second kappa shape index (κ2) is 6.88. The zero-order valence-corrected chi connectivity index (χ0v) is 14.0. The van der Waals surface area contributed by atoms with Crippen LogP contribution in [0.1, 0.15) is 54.1 Å². The average molecular weight is 318 g/mol. The molecule has 0 atom stereocenters. The standard InChI is InChI=1S/C21H22N2O/c1-2-16-5-7-17(8-6-16)20(24)23-19-11-9-18(10-12-19)21(15-22)13-3-4-14-21/h5-12H,2-4,13-14H2,1H3,(H,23,24). The van der Waals surface area contributed by atoms with Gasteiger partial charge in [0.05, 0.1) is 11.5 Å². The molecular formula is C21H22N2O. The van der Waals surface area contributed by atoms with E-state index in [0.29, 0.717) is 5.56 Å². The Morgan fingerprint density at radius 3 is 2.25 bits per heavy atom. The molecule has 0 unspecified atom stereocenters. The van der Waals surface area contributed by atoms with Gasteiger partial charge in [-0.25, -0.2) is 0 Å². The first kappa shape index (κ1) is 16.3. The summed E-state index contributed by atoms with van der Waals surface area (Å²) in [6, 6.07) is 17.9. The van der Waals surface area contributed by atoms with E-state index in [9.17, 15) is 10.1 Å². The molecule has 1 N–H and O–H groups in total. The lowest BCUT2D eigenvalue weighted by molar-refractivity contribution is 0.102. The van der Waals surface area contributed by atoms with E-state index >= 15 is 0 Å². The van der Waals surface area contributed by atoms with Crippen LogP contribution in [0, 0.1) is 11.3 Å². The highest BCUT2D eigenvalue weighted by Crippen LogP contribution is 2.40. The topological polar surface area (TPSA) is 52.9 Å². The molecule has 0 saturated heterocycles. The predicted octanol–water partition coefficient (Wildman–Crippen LogP) is 4.84. The van der Waals surface area contributed by atoms with Crippen molar-refractivity contribution in [1.29, 1.82) is 5.26 Å². The second-order valence-electron chi connectivity index (χ2n) is 6.48. The molecule has 0 bridgehead atoms. The molecule has 3 heteroatoms. The molecular weight excluding hydrogens is 296 g/mol. The van der Waals surface area contributed by atoms with Gasteiger partial charge < -0.3 is 5.32 Å². The minimum Gasteiger partial charge on any atom is -0.322 e. The lowest BCUT2D eigenvalue weighted by atomic mass is 9.80. The van der Waals surface area contributed by atoms with Crippen molar-refractivity contribution in [2.75, 3.05) is 5.32 Å². The summed E-state index contributed by atoms with van der Waals surface area (Å²) in [6.07, 6.45) is 5.04. The molecule has 1 saturated carbocycles. The van der Waals surface area contributed by atoms with Gasteiger partial charge in [0.25, 0.3) is 5.91 Å². The number of carbonyl (C=O) groups is 1. The zero-order chi connectivity index (χ0) is 17.0. The van der Waals surface area contributed by atoms with Gasteiger partial charge in [0.2, 0.25) is 0 Å². The molecule has 0 spiro atoms. The summed E-state index contributed by atoms with van der Waals surface area (Å²) in [6.45, 7) is 2.09. The summed E-state index contributed by atoms with van der Waals surface area (Å²) in [4.78, 5) is 12.3. The fourth-order valence-corrected chi connectivity index (χ4v) is 3.41. The molecule has 3 rings (SSSR count). The number of hydrogen-bond acceptors (Lipinski definition) is 2. The van der Waals surface area contributed by atoms with E-state index < -0.39 is 0 Å². The normalized spacial score (nSPS) is 15.7. The summed E-state index contributed by atoms with van der Waals surface area (Å²) in [5, 5.41) is 12.5. The Hall–Kier alpha value is -2.60. The average Bonchev–Trinajstić information content (AvgIpc) is 3.12. The molecule has 1 aliphatic carbocycles. The molecule has 0 radical (unpaired) electrons. The molecule has 24 heavy (non-hydrogen) atoms. The van der Waals surface area contributed by atoms with Gasteiger partial charge in [0.1, 0.15) is 0 Å². The highest BCUT2D eigenvalue weighted by molar-refractivity contribution is 6.04. The van der Waals surface area contributed by atoms with Gasteiger partial charge in [-0.1, -0.05) is 44.0 Å². The number of nitrogens with one attached hydrogen (secondary N) is 1. The summed E-state index contributed by atoms with van der Waals surface area (Å²) in [7, 11) is 0. The largest absolute Gasteiger partial charge is 0.322 e. The molecule has 0 aromatic heterocycles. The molecule has 1 amide bonds. The Balaban J connectivity index is 1.72. The van der Waals surface area contributed by atoms with Crippen molar-refractivity contribution in [3.63, 3.8) is 0 Å². The molecule has 2 aromatic rings. The Labute approximate surface area is 143 Å². The minimum atomic E-state index is -0.335. The highest BCUT2D eigenvalue weighted by Gasteiger charge is 2.35. The van der Waals surface area contributed by atoms with E-state index in [-0.39, 0.29) is 11.3 Å². The van der Waals surface area contributed by atoms with Crippen LogP contribution in [0.25, 0.3) is 0 Å². The summed E-state index contributed by atoms with van der Waals surface area (Å²) >= 11 is 0. The third-order valence-electron chi connectivity index (χ3n) is 4.99. The highest BCUT2D eigenvalue weighted by atomic mass is 16.1. The number of anilines is 1. The second-order valence-corrected chi connectivity index (χ2v) is 6.48. The Morgan fingerprint density at radius 1 is 1.08 bits per heavy atom. The molecule has 1 aliphatic rings. The number of aryl methyl sites for hydroxylation is 1. The van der Waals surface area contributed by atoms with Crippen LogP contribution in [0.5, 0.6) is 0 Å². The molecule has 122 valence electrons. The number of rotatable bonds is 4. The van der Waals surface area contributed by atoms with Crippen LogP contribution in [-0.4, -0.2) is 5.91 Å². The van der Waals surface area contributed by atoms with E-state index in [1.807, 2.05) is 48.5 Å². The number of hydrogen-bond donors (Lipinski definition) is 1. The smallest absolute Gasteiger partial charge is 0.255 e. The van der Waals surface area contributed by atoms with Crippen LogP contribution in [0.4, 0.5) is 5.69 Å². The van der Waals surface area contributed by atoms with Crippen molar-refractivity contribution >= 4 is 11.6 Å². The fraction of sp³-hybridized carbons (Fsp3) is 0.333. The number of nitriles is 1. The van der Waals surface area contributed by atoms with Crippen LogP contribution in [-0.2, 0) is 11.8 Å². The number of nitrogens with zero attached hydrogens (tertiary/aromatic N) is 1. The van der Waals surface area contributed by atoms with Gasteiger partial charge >= 0.3 is 0 Å². The van der Waals surface area contributed by atoms with Gasteiger partial charge in [0.15, 0.2) is 0 Å². The first-order valence-electron chi connectivity index (χ1n) is 8.59. The number of benzene rings is 2. The molecule has 1 fully saturated rings. The molecule has 2 aromatic carbocycles. The first-order valence-corrected chi connectivity index (χ1v) is 8.59. The summed E-state index contributed by atoms with van der Waals surface area (Å²) in [5.74, 6) is -0.110. The molecule has 3 nitrogen and oxygen atoms in total. The predicted molar refractivity (Wildman–Crippen MR) is 96.0 cm³/mol. The van der Waals surface area contributed by atoms with Gasteiger partial charge in [-0.05, 0) is 54.7 Å². The van der Waals surface area contributed by atoms with Crippen LogP contribution < -0.4 is 5.32 Å². The van der Waals surface area contributed by atoms with Gasteiger partial charge in [-0.15, -0.1) is 0 Å². The zero-order valence-electron chi connectivity index (χ0n) is 14.0. The summed E-state index contributed by atoms with van der Waals surface area (Å²) < 4.78 is 0. The van der Waals surface area contributed by atoms with E-state index in [4.69, 9.17) is 0 Å². The maximum atomic E-state index is 12.3. The number of amides is 1. The van der Waals surface area contributed by atoms with Gasteiger partial charge in [-0.2, -0.15) is 5.26 Å². The third kappa shape index (κ3) is 3.19. The summed E-state index contributed by atoms with van der Waals surface area (Å²) in [5.41, 5.74) is 3.36. The van der Waals surface area contributed by atoms with Gasteiger partial charge in [0, 0.05) is 11.3 Å². The van der Waals surface area contributed by atoms with E-state index in [2.05, 4.69) is 18.3 Å². The molecule has 0 heterocycles. The van der Waals surface area contributed by atoms with E-state index in [1.165, 1.54) is 5.56 Å². The van der Waals surface area contributed by atoms with Crippen LogP contribution in [0.2, 0.25) is 0 Å². The lowest BCUT2D eigenvalue weighted by Gasteiger charge is -2.21. The number of carbonyl (C=O) groups excluding carboxylic acids is 1. The lowest BCUT2D eigenvalue weighted by Crippen LogP contribution is -2.19. The maximum absolute atomic E-state index is 12.3. The van der Waals surface area contributed by atoms with Crippen molar-refractivity contribution in [3.8, 4) is 6.07 Å². The minimum absolute atomic E-state index is 0.110. The quantitative estimate of drug-likeness (QED) is 0.877. The Morgan fingerprint density at radius 2 is 1.71 bits per heavy atom. The third-order valence-corrected chi connectivity index (χ3v) is 4.99. The SMILES string of the molecule is CCc1ccc(C(=O)Nc2ccc(C3(C#N)CCCC3)cc2)cc1. The van der Waals surface area contributed by atoms with Crippen LogP contribution in [0.3, 0.4) is 0 Å². The Bertz CT molecular complexity index is 748. The monoisotopic (exact) mass is 318 g/mol. The van der Waals surface area contributed by atoms with Crippen LogP contribution in [0.15, 0.2) is 48.5 Å². The Kier molecular flexibility index (Phi) is 4.66. The van der Waals surface area contributed by atoms with Crippen molar-refractivity contribution < 1.29 is 4.79 Å². The van der Waals surface area contributed by atoms with Crippen LogP contribution >= 0.6 is 0 Å². The van der Waals surface area contributed by atoms with E-state index in [1.54, 1.807) is 0 Å². The van der Waals surface area contributed by atoms with Gasteiger partial charge in [-0.3, -0.25) is 4.79 Å². The fourth-order valence-electron chi connectivity index (χ4n) is 3.41. The van der Waals surface area contributed by atoms with Crippen molar-refractivity contribution in [3.05, 3.63) is 65.2 Å². The van der Waals surface area contributed by atoms with E-state index in [0.717, 1.165) is 43.4 Å². The van der Waals surface area contributed by atoms with Crippen molar-refractivity contribution in [1.82, 2.24) is 0 Å².